The van der Waals surface area contributed by atoms with Gasteiger partial charge >= 0.3 is 0 Å². The van der Waals surface area contributed by atoms with Gasteiger partial charge in [0.15, 0.2) is 0 Å². The number of piperazine rings is 1. The first-order chi connectivity index (χ1) is 7.66. The van der Waals surface area contributed by atoms with E-state index >= 15 is 0 Å². The molecule has 2 aliphatic rings. The molecule has 2 rings (SSSR count). The molecule has 4 nitrogen and oxygen atoms in total. The summed E-state index contributed by atoms with van der Waals surface area (Å²) in [5.74, 6) is 0. The molecular weight excluding hydrogens is 221 g/mol. The highest BCUT2D eigenvalue weighted by molar-refractivity contribution is 7.13. The standard InChI is InChI=1S/C11H24N3OP/c1-9-5-12-11(7-14(9)16)6-13-3-4-15-8-10(13)2/h9-12H,3-8,16H2,1-2H3/t9-,10-,11+/m1/s1. The average molecular weight is 245 g/mol. The van der Waals surface area contributed by atoms with Crippen LogP contribution in [0.15, 0.2) is 0 Å². The van der Waals surface area contributed by atoms with E-state index in [0.29, 0.717) is 18.1 Å². The molecule has 0 bridgehead atoms. The molecule has 0 saturated carbocycles. The summed E-state index contributed by atoms with van der Waals surface area (Å²) < 4.78 is 7.83. The first-order valence-corrected chi connectivity index (χ1v) is 6.75. The van der Waals surface area contributed by atoms with Crippen molar-refractivity contribution in [3.8, 4) is 0 Å². The molecule has 4 atom stereocenters. The molecule has 16 heavy (non-hydrogen) atoms. The summed E-state index contributed by atoms with van der Waals surface area (Å²) in [7, 11) is 2.85. The second-order valence-electron chi connectivity index (χ2n) is 5.07. The molecule has 0 aromatic heterocycles. The molecule has 0 aromatic rings. The minimum absolute atomic E-state index is 0.563. The molecule has 2 heterocycles. The summed E-state index contributed by atoms with van der Waals surface area (Å²) in [6.07, 6.45) is 0. The van der Waals surface area contributed by atoms with Crippen LogP contribution in [0, 0.1) is 0 Å². The van der Waals surface area contributed by atoms with Crippen LogP contribution >= 0.6 is 9.39 Å². The molecule has 1 unspecified atom stereocenters. The highest BCUT2D eigenvalue weighted by Crippen LogP contribution is 2.14. The lowest BCUT2D eigenvalue weighted by molar-refractivity contribution is -0.00688. The SMILES string of the molecule is C[C@@H]1CN[C@@H](CN2CCOC[C@H]2C)CN1P. The van der Waals surface area contributed by atoms with E-state index in [1.165, 1.54) is 0 Å². The second-order valence-corrected chi connectivity index (χ2v) is 5.73. The predicted molar refractivity (Wildman–Crippen MR) is 69.5 cm³/mol. The Labute approximate surface area is 101 Å². The lowest BCUT2D eigenvalue weighted by Gasteiger charge is -2.41. The number of nitrogens with zero attached hydrogens (tertiary/aromatic N) is 2. The van der Waals surface area contributed by atoms with Crippen LogP contribution in [-0.2, 0) is 4.74 Å². The quantitative estimate of drug-likeness (QED) is 0.701. The molecule has 0 spiro atoms. The van der Waals surface area contributed by atoms with Gasteiger partial charge in [-0.25, -0.2) is 0 Å². The highest BCUT2D eigenvalue weighted by Gasteiger charge is 2.26. The molecule has 5 heteroatoms. The largest absolute Gasteiger partial charge is 0.379 e. The van der Waals surface area contributed by atoms with Crippen molar-refractivity contribution in [2.24, 2.45) is 0 Å². The zero-order chi connectivity index (χ0) is 11.5. The van der Waals surface area contributed by atoms with Gasteiger partial charge in [-0.3, -0.25) is 9.57 Å². The third-order valence-electron chi connectivity index (χ3n) is 3.66. The van der Waals surface area contributed by atoms with E-state index in [2.05, 4.69) is 38.1 Å². The van der Waals surface area contributed by atoms with E-state index < -0.39 is 0 Å². The molecule has 0 radical (unpaired) electrons. The molecule has 2 fully saturated rings. The van der Waals surface area contributed by atoms with Crippen molar-refractivity contribution in [2.45, 2.75) is 32.0 Å². The number of morpholine rings is 1. The van der Waals surface area contributed by atoms with Crippen molar-refractivity contribution in [3.05, 3.63) is 0 Å². The Morgan fingerprint density at radius 1 is 1.38 bits per heavy atom. The van der Waals surface area contributed by atoms with E-state index in [0.717, 1.165) is 39.4 Å². The summed E-state index contributed by atoms with van der Waals surface area (Å²) in [4.78, 5) is 2.54. The summed E-state index contributed by atoms with van der Waals surface area (Å²) >= 11 is 0. The Hall–Kier alpha value is 0.270. The van der Waals surface area contributed by atoms with Gasteiger partial charge in [0, 0.05) is 44.3 Å². The Morgan fingerprint density at radius 3 is 2.88 bits per heavy atom. The summed E-state index contributed by atoms with van der Waals surface area (Å²) in [5, 5.41) is 3.63. The molecule has 1 N–H and O–H groups in total. The van der Waals surface area contributed by atoms with Gasteiger partial charge < -0.3 is 10.1 Å². The summed E-state index contributed by atoms with van der Waals surface area (Å²) in [6, 6.07) is 1.78. The smallest absolute Gasteiger partial charge is 0.0619 e. The van der Waals surface area contributed by atoms with Crippen molar-refractivity contribution < 1.29 is 4.74 Å². The van der Waals surface area contributed by atoms with Crippen molar-refractivity contribution in [2.75, 3.05) is 39.4 Å². The number of nitrogens with one attached hydrogen (secondary N) is 1. The van der Waals surface area contributed by atoms with Gasteiger partial charge in [-0.2, -0.15) is 0 Å². The van der Waals surface area contributed by atoms with Crippen LogP contribution in [0.2, 0.25) is 0 Å². The normalized spacial score (nSPS) is 38.8. The number of hydrogen-bond acceptors (Lipinski definition) is 4. The fourth-order valence-corrected chi connectivity index (χ4v) is 2.75. The van der Waals surface area contributed by atoms with E-state index in [4.69, 9.17) is 4.74 Å². The zero-order valence-electron chi connectivity index (χ0n) is 10.4. The van der Waals surface area contributed by atoms with Gasteiger partial charge in [-0.15, -0.1) is 0 Å². The monoisotopic (exact) mass is 245 g/mol. The van der Waals surface area contributed by atoms with Crippen LogP contribution in [0.3, 0.4) is 0 Å². The summed E-state index contributed by atoms with van der Waals surface area (Å²) in [6.45, 7) is 10.7. The van der Waals surface area contributed by atoms with Crippen LogP contribution < -0.4 is 5.32 Å². The number of ether oxygens (including phenoxy) is 1. The molecule has 94 valence electrons. The fourth-order valence-electron chi connectivity index (χ4n) is 2.39. The van der Waals surface area contributed by atoms with Gasteiger partial charge in [-0.05, 0) is 13.8 Å². The van der Waals surface area contributed by atoms with Crippen molar-refractivity contribution in [1.82, 2.24) is 14.9 Å². The van der Waals surface area contributed by atoms with E-state index in [9.17, 15) is 0 Å². The van der Waals surface area contributed by atoms with Gasteiger partial charge in [0.1, 0.15) is 0 Å². The van der Waals surface area contributed by atoms with Crippen LogP contribution in [0.5, 0.6) is 0 Å². The first-order valence-electron chi connectivity index (χ1n) is 6.23. The van der Waals surface area contributed by atoms with Gasteiger partial charge in [0.2, 0.25) is 0 Å². The maximum Gasteiger partial charge on any atom is 0.0619 e. The lowest BCUT2D eigenvalue weighted by Crippen LogP contribution is -2.58. The van der Waals surface area contributed by atoms with Crippen molar-refractivity contribution in [1.29, 1.82) is 0 Å². The first kappa shape index (κ1) is 12.7. The average Bonchev–Trinajstić information content (AvgIpc) is 2.27. The highest BCUT2D eigenvalue weighted by atomic mass is 31.0. The Bertz CT molecular complexity index is 229. The number of rotatable bonds is 2. The van der Waals surface area contributed by atoms with E-state index in [-0.39, 0.29) is 0 Å². The molecule has 0 amide bonds. The minimum atomic E-state index is 0.563. The third kappa shape index (κ3) is 3.14. The minimum Gasteiger partial charge on any atom is -0.379 e. The van der Waals surface area contributed by atoms with Crippen LogP contribution in [0.4, 0.5) is 0 Å². The Kier molecular flexibility index (Phi) is 4.57. The van der Waals surface area contributed by atoms with E-state index in [1.807, 2.05) is 0 Å². The predicted octanol–water partition coefficient (Wildman–Crippen LogP) is 0.160. The van der Waals surface area contributed by atoms with Crippen molar-refractivity contribution >= 4 is 9.39 Å². The molecule has 0 aromatic carbocycles. The Morgan fingerprint density at radius 2 is 2.19 bits per heavy atom. The number of hydrogen-bond donors (Lipinski definition) is 1. The van der Waals surface area contributed by atoms with Crippen LogP contribution in [-0.4, -0.2) is 67.1 Å². The van der Waals surface area contributed by atoms with Crippen LogP contribution in [0.25, 0.3) is 0 Å². The van der Waals surface area contributed by atoms with Crippen molar-refractivity contribution in [3.63, 3.8) is 0 Å². The van der Waals surface area contributed by atoms with Gasteiger partial charge in [0.25, 0.3) is 0 Å². The topological polar surface area (TPSA) is 27.7 Å². The maximum atomic E-state index is 5.46. The zero-order valence-corrected chi connectivity index (χ0v) is 11.5. The molecule has 2 aliphatic heterocycles. The fraction of sp³-hybridized carbons (Fsp3) is 1.00. The lowest BCUT2D eigenvalue weighted by atomic mass is 10.1. The maximum absolute atomic E-state index is 5.46. The van der Waals surface area contributed by atoms with Gasteiger partial charge in [0.05, 0.1) is 13.2 Å². The Balaban J connectivity index is 1.80. The van der Waals surface area contributed by atoms with E-state index in [1.54, 1.807) is 0 Å². The second kappa shape index (κ2) is 5.74. The van der Waals surface area contributed by atoms with Crippen LogP contribution in [0.1, 0.15) is 13.8 Å². The van der Waals surface area contributed by atoms with Gasteiger partial charge in [-0.1, -0.05) is 9.39 Å². The molecule has 2 saturated heterocycles. The molecule has 0 aliphatic carbocycles. The molecular formula is C11H24N3OP. The third-order valence-corrected chi connectivity index (χ3v) is 4.38. The summed E-state index contributed by atoms with van der Waals surface area (Å²) in [5.41, 5.74) is 0.